The summed E-state index contributed by atoms with van der Waals surface area (Å²) in [6.45, 7) is 3.76. The van der Waals surface area contributed by atoms with Crippen molar-refractivity contribution in [3.05, 3.63) is 35.1 Å². The van der Waals surface area contributed by atoms with E-state index in [-0.39, 0.29) is 18.9 Å². The van der Waals surface area contributed by atoms with Crippen molar-refractivity contribution in [2.45, 2.75) is 20.3 Å². The molecule has 0 bridgehead atoms. The fourth-order valence-electron chi connectivity index (χ4n) is 2.00. The number of esters is 1. The topological polar surface area (TPSA) is 59.8 Å². The molecule has 2 rings (SSSR count). The summed E-state index contributed by atoms with van der Waals surface area (Å²) in [5, 5.41) is 0.911. The van der Waals surface area contributed by atoms with Gasteiger partial charge in [-0.2, -0.15) is 0 Å². The molecule has 1 heterocycles. The maximum atomic E-state index is 11.8. The quantitative estimate of drug-likeness (QED) is 0.810. The number of carbonyl (C=O) groups is 2. The van der Waals surface area contributed by atoms with Crippen LogP contribution in [0.3, 0.4) is 0 Å². The highest BCUT2D eigenvalue weighted by Gasteiger charge is 2.15. The van der Waals surface area contributed by atoms with E-state index >= 15 is 0 Å². The lowest BCUT2D eigenvalue weighted by molar-refractivity contribution is -0.150. The van der Waals surface area contributed by atoms with Crippen LogP contribution in [0.2, 0.25) is 0 Å². The van der Waals surface area contributed by atoms with Crippen LogP contribution in [-0.2, 0) is 20.7 Å². The Morgan fingerprint density at radius 1 is 1.24 bits per heavy atom. The lowest BCUT2D eigenvalue weighted by atomic mass is 10.0. The van der Waals surface area contributed by atoms with Crippen molar-refractivity contribution in [1.29, 1.82) is 0 Å². The molecule has 0 spiro atoms. The Kier molecular flexibility index (Phi) is 4.31. The third kappa shape index (κ3) is 3.24. The molecule has 0 fully saturated rings. The van der Waals surface area contributed by atoms with Gasteiger partial charge in [0, 0.05) is 25.0 Å². The molecule has 21 heavy (non-hydrogen) atoms. The SMILES string of the molecule is Cc1ccc2c(CC(=O)OCC(=O)N(C)C)coc2c1C. The molecule has 0 unspecified atom stereocenters. The molecule has 0 atom stereocenters. The van der Waals surface area contributed by atoms with Crippen LogP contribution >= 0.6 is 0 Å². The predicted octanol–water partition coefficient (Wildman–Crippen LogP) is 2.22. The molecule has 0 saturated heterocycles. The summed E-state index contributed by atoms with van der Waals surface area (Å²) in [4.78, 5) is 24.6. The zero-order valence-electron chi connectivity index (χ0n) is 12.7. The number of rotatable bonds is 4. The third-order valence-electron chi connectivity index (χ3n) is 3.53. The van der Waals surface area contributed by atoms with Gasteiger partial charge >= 0.3 is 5.97 Å². The molecule has 112 valence electrons. The van der Waals surface area contributed by atoms with Crippen LogP contribution in [0.4, 0.5) is 0 Å². The van der Waals surface area contributed by atoms with E-state index in [9.17, 15) is 9.59 Å². The first kappa shape index (κ1) is 15.1. The Balaban J connectivity index is 2.08. The van der Waals surface area contributed by atoms with Crippen molar-refractivity contribution in [3.63, 3.8) is 0 Å². The van der Waals surface area contributed by atoms with Gasteiger partial charge in [-0.15, -0.1) is 0 Å². The number of furan rings is 1. The van der Waals surface area contributed by atoms with Crippen LogP contribution in [0, 0.1) is 13.8 Å². The van der Waals surface area contributed by atoms with Crippen molar-refractivity contribution in [2.75, 3.05) is 20.7 Å². The largest absolute Gasteiger partial charge is 0.464 e. The van der Waals surface area contributed by atoms with Crippen LogP contribution in [0.15, 0.2) is 22.8 Å². The van der Waals surface area contributed by atoms with Crippen molar-refractivity contribution in [3.8, 4) is 0 Å². The molecule has 0 radical (unpaired) electrons. The molecule has 1 aromatic carbocycles. The van der Waals surface area contributed by atoms with Gasteiger partial charge in [0.25, 0.3) is 5.91 Å². The van der Waals surface area contributed by atoms with E-state index in [2.05, 4.69) is 0 Å². The van der Waals surface area contributed by atoms with Gasteiger partial charge in [0.15, 0.2) is 6.61 Å². The van der Waals surface area contributed by atoms with Crippen molar-refractivity contribution < 1.29 is 18.7 Å². The first-order valence-electron chi connectivity index (χ1n) is 6.72. The molecule has 5 heteroatoms. The molecular formula is C16H19NO4. The number of hydrogen-bond donors (Lipinski definition) is 0. The van der Waals surface area contributed by atoms with E-state index in [4.69, 9.17) is 9.15 Å². The predicted molar refractivity (Wildman–Crippen MR) is 79.0 cm³/mol. The number of benzene rings is 1. The minimum absolute atomic E-state index is 0.0935. The summed E-state index contributed by atoms with van der Waals surface area (Å²) in [5.41, 5.74) is 3.77. The number of carbonyl (C=O) groups excluding carboxylic acids is 2. The Hall–Kier alpha value is -2.30. The molecule has 0 aliphatic carbocycles. The molecule has 0 saturated carbocycles. The lowest BCUT2D eigenvalue weighted by Crippen LogP contribution is -2.27. The molecule has 0 aliphatic rings. The van der Waals surface area contributed by atoms with E-state index in [1.807, 2.05) is 26.0 Å². The molecule has 5 nitrogen and oxygen atoms in total. The van der Waals surface area contributed by atoms with Gasteiger partial charge in [0.2, 0.25) is 0 Å². The van der Waals surface area contributed by atoms with Crippen LogP contribution in [-0.4, -0.2) is 37.5 Å². The Labute approximate surface area is 123 Å². The van der Waals surface area contributed by atoms with Crippen LogP contribution in [0.1, 0.15) is 16.7 Å². The summed E-state index contributed by atoms with van der Waals surface area (Å²) in [5.74, 6) is -0.682. The number of amides is 1. The Bertz CT molecular complexity index is 685. The van der Waals surface area contributed by atoms with Gasteiger partial charge < -0.3 is 14.1 Å². The Morgan fingerprint density at radius 2 is 1.95 bits per heavy atom. The average molecular weight is 289 g/mol. The van der Waals surface area contributed by atoms with Crippen molar-refractivity contribution in [2.24, 2.45) is 0 Å². The summed E-state index contributed by atoms with van der Waals surface area (Å²) in [7, 11) is 3.23. The van der Waals surface area contributed by atoms with Gasteiger partial charge in [0.1, 0.15) is 5.58 Å². The second-order valence-corrected chi connectivity index (χ2v) is 5.27. The van der Waals surface area contributed by atoms with Crippen LogP contribution < -0.4 is 0 Å². The highest BCUT2D eigenvalue weighted by atomic mass is 16.5. The fraction of sp³-hybridized carbons (Fsp3) is 0.375. The highest BCUT2D eigenvalue weighted by molar-refractivity contribution is 5.88. The molecule has 1 aromatic heterocycles. The normalized spacial score (nSPS) is 10.7. The first-order chi connectivity index (χ1) is 9.90. The number of aryl methyl sites for hydroxylation is 2. The van der Waals surface area contributed by atoms with Crippen molar-refractivity contribution >= 4 is 22.8 Å². The van der Waals surface area contributed by atoms with E-state index in [0.717, 1.165) is 27.7 Å². The summed E-state index contributed by atoms with van der Waals surface area (Å²) >= 11 is 0. The molecule has 0 N–H and O–H groups in total. The molecular weight excluding hydrogens is 270 g/mol. The number of hydrogen-bond acceptors (Lipinski definition) is 4. The Morgan fingerprint density at radius 3 is 2.62 bits per heavy atom. The summed E-state index contributed by atoms with van der Waals surface area (Å²) in [6.07, 6.45) is 1.67. The number of nitrogens with zero attached hydrogens (tertiary/aromatic N) is 1. The van der Waals surface area contributed by atoms with Crippen LogP contribution in [0.25, 0.3) is 11.0 Å². The zero-order valence-corrected chi connectivity index (χ0v) is 12.7. The lowest BCUT2D eigenvalue weighted by Gasteiger charge is -2.10. The van der Waals surface area contributed by atoms with Gasteiger partial charge in [-0.05, 0) is 25.0 Å². The average Bonchev–Trinajstić information content (AvgIpc) is 2.83. The standard InChI is InChI=1S/C16H19NO4/c1-10-5-6-13-12(8-21-16(13)11(10)2)7-15(19)20-9-14(18)17(3)4/h5-6,8H,7,9H2,1-4H3. The van der Waals surface area contributed by atoms with Crippen LogP contribution in [0.5, 0.6) is 0 Å². The van der Waals surface area contributed by atoms with Gasteiger partial charge in [-0.3, -0.25) is 9.59 Å². The number of likely N-dealkylation sites (N-methyl/N-ethyl adjacent to an activating group) is 1. The van der Waals surface area contributed by atoms with E-state index in [1.165, 1.54) is 4.90 Å². The molecule has 2 aromatic rings. The maximum Gasteiger partial charge on any atom is 0.310 e. The first-order valence-corrected chi connectivity index (χ1v) is 6.72. The second kappa shape index (κ2) is 5.99. The minimum Gasteiger partial charge on any atom is -0.464 e. The van der Waals surface area contributed by atoms with Gasteiger partial charge in [0.05, 0.1) is 12.7 Å². The maximum absolute atomic E-state index is 11.8. The van der Waals surface area contributed by atoms with Gasteiger partial charge in [-0.1, -0.05) is 12.1 Å². The molecule has 1 amide bonds. The summed E-state index contributed by atoms with van der Waals surface area (Å²) < 4.78 is 10.5. The monoisotopic (exact) mass is 289 g/mol. The van der Waals surface area contributed by atoms with Gasteiger partial charge in [-0.25, -0.2) is 0 Å². The van der Waals surface area contributed by atoms with E-state index in [1.54, 1.807) is 20.4 Å². The van der Waals surface area contributed by atoms with Crippen molar-refractivity contribution in [1.82, 2.24) is 4.90 Å². The van der Waals surface area contributed by atoms with E-state index in [0.29, 0.717) is 0 Å². The van der Waals surface area contributed by atoms with E-state index < -0.39 is 5.97 Å². The smallest absolute Gasteiger partial charge is 0.310 e. The second-order valence-electron chi connectivity index (χ2n) is 5.27. The minimum atomic E-state index is -0.439. The fourth-order valence-corrected chi connectivity index (χ4v) is 2.00. The zero-order chi connectivity index (χ0) is 15.6. The summed E-state index contributed by atoms with van der Waals surface area (Å²) in [6, 6.07) is 3.94. The third-order valence-corrected chi connectivity index (χ3v) is 3.53. The number of fused-ring (bicyclic) bond motifs is 1. The number of ether oxygens (including phenoxy) is 1. The molecule has 0 aliphatic heterocycles. The highest BCUT2D eigenvalue weighted by Crippen LogP contribution is 2.26.